The van der Waals surface area contributed by atoms with E-state index in [4.69, 9.17) is 9.72 Å². The molecule has 224 valence electrons. The van der Waals surface area contributed by atoms with E-state index in [2.05, 4.69) is 48.2 Å². The predicted octanol–water partition coefficient (Wildman–Crippen LogP) is 6.50. The minimum absolute atomic E-state index is 0.00599. The number of aromatic nitrogens is 4. The summed E-state index contributed by atoms with van der Waals surface area (Å²) in [5, 5.41) is 5.40. The molecule has 5 heterocycles. The van der Waals surface area contributed by atoms with Gasteiger partial charge in [0.25, 0.3) is 5.91 Å². The quantitative estimate of drug-likeness (QED) is 0.291. The van der Waals surface area contributed by atoms with Crippen LogP contribution in [0.4, 0.5) is 4.79 Å². The Balaban J connectivity index is 1.38. The van der Waals surface area contributed by atoms with Crippen molar-refractivity contribution in [3.05, 3.63) is 76.5 Å². The molecule has 2 aliphatic heterocycles. The normalized spacial score (nSPS) is 15.2. The first-order chi connectivity index (χ1) is 20.5. The maximum Gasteiger partial charge on any atom is 0.410 e. The molecule has 9 nitrogen and oxygen atoms in total. The molecular formula is C34H40N6O3. The van der Waals surface area contributed by atoms with Crippen LogP contribution in [0.15, 0.2) is 42.6 Å². The van der Waals surface area contributed by atoms with Crippen molar-refractivity contribution in [2.45, 2.75) is 79.6 Å². The Morgan fingerprint density at radius 1 is 1.02 bits per heavy atom. The summed E-state index contributed by atoms with van der Waals surface area (Å²) < 4.78 is 7.62. The standard InChI is InChI=1S/C34H40N6O3/c1-7-26-11-12-27(21(3)36-26)28-15-24(32(41)39-19-25-17-35-40(8-2)30(25)20-39)14-23-16-29(37-31(23)28)22-10-9-13-38(18-22)33(42)43-34(4,5)6/h10-12,14-17,37H,7-9,13,18-20H2,1-6H3. The zero-order valence-corrected chi connectivity index (χ0v) is 26.0. The summed E-state index contributed by atoms with van der Waals surface area (Å²) in [5.41, 5.74) is 9.10. The van der Waals surface area contributed by atoms with Gasteiger partial charge in [-0.25, -0.2) is 4.79 Å². The number of ether oxygens (including phenoxy) is 1. The first-order valence-electron chi connectivity index (χ1n) is 15.2. The van der Waals surface area contributed by atoms with Gasteiger partial charge in [0.2, 0.25) is 0 Å². The number of nitrogens with one attached hydrogen (secondary N) is 1. The van der Waals surface area contributed by atoms with Gasteiger partial charge in [-0.2, -0.15) is 5.10 Å². The van der Waals surface area contributed by atoms with Crippen LogP contribution in [0, 0.1) is 6.92 Å². The lowest BCUT2D eigenvalue weighted by molar-refractivity contribution is 0.0273. The van der Waals surface area contributed by atoms with Gasteiger partial charge in [0, 0.05) is 64.4 Å². The van der Waals surface area contributed by atoms with Crippen molar-refractivity contribution >= 4 is 28.5 Å². The van der Waals surface area contributed by atoms with Gasteiger partial charge in [-0.05, 0) is 77.3 Å². The average molecular weight is 581 g/mol. The van der Waals surface area contributed by atoms with Crippen molar-refractivity contribution in [3.8, 4) is 11.1 Å². The summed E-state index contributed by atoms with van der Waals surface area (Å²) >= 11 is 0. The molecule has 1 aromatic carbocycles. The van der Waals surface area contributed by atoms with Gasteiger partial charge in [0.1, 0.15) is 5.60 Å². The summed E-state index contributed by atoms with van der Waals surface area (Å²) in [6.45, 7) is 14.8. The summed E-state index contributed by atoms with van der Waals surface area (Å²) in [5.74, 6) is -0.00599. The molecule has 2 amide bonds. The topological polar surface area (TPSA) is 96.4 Å². The summed E-state index contributed by atoms with van der Waals surface area (Å²) in [6, 6.07) is 10.2. The number of aromatic amines is 1. The zero-order chi connectivity index (χ0) is 30.5. The molecule has 0 spiro atoms. The van der Waals surface area contributed by atoms with Crippen LogP contribution in [0.3, 0.4) is 0 Å². The molecule has 0 saturated carbocycles. The number of carbonyl (C=O) groups excluding carboxylic acids is 2. The Labute approximate surface area is 252 Å². The van der Waals surface area contributed by atoms with E-state index in [1.807, 2.05) is 55.6 Å². The number of fused-ring (bicyclic) bond motifs is 2. The number of amides is 2. The lowest BCUT2D eigenvalue weighted by Crippen LogP contribution is -2.39. The van der Waals surface area contributed by atoms with Gasteiger partial charge in [-0.1, -0.05) is 19.1 Å². The third-order valence-electron chi connectivity index (χ3n) is 8.24. The molecule has 0 bridgehead atoms. The highest BCUT2D eigenvalue weighted by molar-refractivity contribution is 6.05. The molecule has 4 aromatic rings. The molecule has 0 saturated heterocycles. The molecule has 0 aliphatic carbocycles. The van der Waals surface area contributed by atoms with Crippen molar-refractivity contribution in [1.82, 2.24) is 29.5 Å². The average Bonchev–Trinajstić information content (AvgIpc) is 3.70. The minimum atomic E-state index is -0.552. The molecule has 0 atom stereocenters. The number of pyridine rings is 1. The molecule has 0 fully saturated rings. The number of nitrogens with zero attached hydrogens (tertiary/aromatic N) is 5. The lowest BCUT2D eigenvalue weighted by atomic mass is 9.98. The maximum absolute atomic E-state index is 14.0. The van der Waals surface area contributed by atoms with Gasteiger partial charge in [-0.3, -0.25) is 14.5 Å². The monoisotopic (exact) mass is 580 g/mol. The van der Waals surface area contributed by atoms with Crippen molar-refractivity contribution in [1.29, 1.82) is 0 Å². The number of benzene rings is 1. The van der Waals surface area contributed by atoms with E-state index < -0.39 is 5.60 Å². The van der Waals surface area contributed by atoms with E-state index in [1.54, 1.807) is 4.90 Å². The summed E-state index contributed by atoms with van der Waals surface area (Å²) in [7, 11) is 0. The van der Waals surface area contributed by atoms with Gasteiger partial charge < -0.3 is 19.5 Å². The highest BCUT2D eigenvalue weighted by Gasteiger charge is 2.29. The maximum atomic E-state index is 14.0. The van der Waals surface area contributed by atoms with Gasteiger partial charge in [0.15, 0.2) is 0 Å². The number of aryl methyl sites for hydroxylation is 3. The van der Waals surface area contributed by atoms with E-state index in [1.165, 1.54) is 0 Å². The number of carbonyl (C=O) groups is 2. The largest absolute Gasteiger partial charge is 0.444 e. The Morgan fingerprint density at radius 3 is 2.56 bits per heavy atom. The zero-order valence-electron chi connectivity index (χ0n) is 26.0. The molecular weight excluding hydrogens is 540 g/mol. The van der Waals surface area contributed by atoms with Crippen LogP contribution in [-0.2, 0) is 30.8 Å². The van der Waals surface area contributed by atoms with Crippen molar-refractivity contribution in [3.63, 3.8) is 0 Å². The van der Waals surface area contributed by atoms with Crippen LogP contribution in [0.25, 0.3) is 27.6 Å². The Kier molecular flexibility index (Phi) is 7.36. The molecule has 2 aliphatic rings. The fourth-order valence-electron chi connectivity index (χ4n) is 6.07. The first kappa shape index (κ1) is 28.7. The molecule has 43 heavy (non-hydrogen) atoms. The van der Waals surface area contributed by atoms with Crippen molar-refractivity contribution in [2.75, 3.05) is 13.1 Å². The van der Waals surface area contributed by atoms with Crippen LogP contribution < -0.4 is 0 Å². The highest BCUT2D eigenvalue weighted by Crippen LogP contribution is 2.35. The number of rotatable bonds is 5. The van der Waals surface area contributed by atoms with E-state index in [0.29, 0.717) is 31.7 Å². The third kappa shape index (κ3) is 5.56. The number of hydrogen-bond acceptors (Lipinski definition) is 5. The van der Waals surface area contributed by atoms with Crippen LogP contribution in [0.1, 0.15) is 79.7 Å². The molecule has 3 aromatic heterocycles. The van der Waals surface area contributed by atoms with Crippen LogP contribution in [0.5, 0.6) is 0 Å². The highest BCUT2D eigenvalue weighted by atomic mass is 16.6. The van der Waals surface area contributed by atoms with Gasteiger partial charge >= 0.3 is 6.09 Å². The van der Waals surface area contributed by atoms with E-state index in [0.717, 1.165) is 75.3 Å². The SMILES string of the molecule is CCc1ccc(-c2cc(C(=O)N3Cc4cnn(CC)c4C3)cc3cc(C4=CCCN(C(=O)OC(C)(C)C)C4)[nH]c23)c(C)n1. The smallest absolute Gasteiger partial charge is 0.410 e. The fourth-order valence-corrected chi connectivity index (χ4v) is 6.07. The molecule has 0 unspecified atom stereocenters. The summed E-state index contributed by atoms with van der Waals surface area (Å²) in [6.07, 6.45) is 5.35. The van der Waals surface area contributed by atoms with E-state index >= 15 is 0 Å². The van der Waals surface area contributed by atoms with Crippen molar-refractivity contribution in [2.24, 2.45) is 0 Å². The molecule has 0 radical (unpaired) electrons. The molecule has 6 rings (SSSR count). The number of H-pyrrole nitrogens is 1. The van der Waals surface area contributed by atoms with E-state index in [9.17, 15) is 9.59 Å². The third-order valence-corrected chi connectivity index (χ3v) is 8.24. The molecule has 1 N–H and O–H groups in total. The summed E-state index contributed by atoms with van der Waals surface area (Å²) in [4.78, 5) is 38.9. The first-order valence-corrected chi connectivity index (χ1v) is 15.2. The lowest BCUT2D eigenvalue weighted by Gasteiger charge is -2.30. The van der Waals surface area contributed by atoms with Gasteiger partial charge in [0.05, 0.1) is 30.5 Å². The Bertz CT molecular complexity index is 1760. The fraction of sp³-hybridized carbons (Fsp3) is 0.412. The van der Waals surface area contributed by atoms with Crippen LogP contribution >= 0.6 is 0 Å². The second kappa shape index (κ2) is 11.0. The van der Waals surface area contributed by atoms with Crippen LogP contribution in [0.2, 0.25) is 0 Å². The Hall–Kier alpha value is -4.40. The van der Waals surface area contributed by atoms with Crippen LogP contribution in [-0.4, -0.2) is 60.2 Å². The van der Waals surface area contributed by atoms with Gasteiger partial charge in [-0.15, -0.1) is 0 Å². The second-order valence-corrected chi connectivity index (χ2v) is 12.5. The minimum Gasteiger partial charge on any atom is -0.444 e. The number of hydrogen-bond donors (Lipinski definition) is 1. The van der Waals surface area contributed by atoms with Crippen molar-refractivity contribution < 1.29 is 14.3 Å². The second-order valence-electron chi connectivity index (χ2n) is 12.5. The Morgan fingerprint density at radius 2 is 1.84 bits per heavy atom. The van der Waals surface area contributed by atoms with E-state index in [-0.39, 0.29) is 12.0 Å². The molecule has 9 heteroatoms. The predicted molar refractivity (Wildman–Crippen MR) is 168 cm³/mol.